The fourth-order valence-electron chi connectivity index (χ4n) is 1.14. The molecule has 0 aromatic carbocycles. The maximum absolute atomic E-state index is 11.5. The lowest BCUT2D eigenvalue weighted by Crippen LogP contribution is -2.41. The van der Waals surface area contributed by atoms with Crippen molar-refractivity contribution in [2.75, 3.05) is 13.7 Å². The average Bonchev–Trinajstić information content (AvgIpc) is 2.21. The summed E-state index contributed by atoms with van der Waals surface area (Å²) in [6.07, 6.45) is 10.1. The van der Waals surface area contributed by atoms with Crippen LogP contribution in [0.25, 0.3) is 0 Å². The molecule has 0 bridgehead atoms. The number of rotatable bonds is 4. The van der Waals surface area contributed by atoms with Crippen LogP contribution < -0.4 is 0 Å². The van der Waals surface area contributed by atoms with E-state index in [0.717, 1.165) is 0 Å². The number of carbonyl (C=O) groups excluding carboxylic acids is 1. The molecular formula is C11H14O3. The van der Waals surface area contributed by atoms with Gasteiger partial charge in [0.1, 0.15) is 0 Å². The standard InChI is InChI=1S/C11H14O3/c1-3-4-9-14-11(13-2)8-6-5-7-10(11)12/h3-8H,9H2,1-2H3/b4-3+. The molecule has 0 aliphatic heterocycles. The molecule has 0 aromatic rings. The maximum atomic E-state index is 11.5. The largest absolute Gasteiger partial charge is 0.344 e. The van der Waals surface area contributed by atoms with Crippen LogP contribution in [0.5, 0.6) is 0 Å². The Morgan fingerprint density at radius 3 is 2.86 bits per heavy atom. The van der Waals surface area contributed by atoms with Crippen LogP contribution in [-0.2, 0) is 14.3 Å². The summed E-state index contributed by atoms with van der Waals surface area (Å²) in [7, 11) is 1.46. The lowest BCUT2D eigenvalue weighted by atomic mass is 10.1. The molecule has 0 aromatic heterocycles. The SMILES string of the molecule is C/C=C/COC1(OC)C=CC=CC1=O. The van der Waals surface area contributed by atoms with E-state index in [-0.39, 0.29) is 5.78 Å². The molecule has 14 heavy (non-hydrogen) atoms. The first-order chi connectivity index (χ1) is 6.75. The van der Waals surface area contributed by atoms with Gasteiger partial charge >= 0.3 is 0 Å². The van der Waals surface area contributed by atoms with Gasteiger partial charge in [0.05, 0.1) is 6.61 Å². The van der Waals surface area contributed by atoms with Gasteiger partial charge in [-0.1, -0.05) is 24.3 Å². The number of ether oxygens (including phenoxy) is 2. The summed E-state index contributed by atoms with van der Waals surface area (Å²) in [6.45, 7) is 2.25. The highest BCUT2D eigenvalue weighted by Crippen LogP contribution is 2.19. The number of ketones is 1. The third kappa shape index (κ3) is 2.19. The molecule has 0 fully saturated rings. The third-order valence-electron chi connectivity index (χ3n) is 1.95. The molecule has 3 heteroatoms. The van der Waals surface area contributed by atoms with Crippen LogP contribution in [0.15, 0.2) is 36.5 Å². The summed E-state index contributed by atoms with van der Waals surface area (Å²) >= 11 is 0. The van der Waals surface area contributed by atoms with Crippen molar-refractivity contribution in [3.8, 4) is 0 Å². The Kier molecular flexibility index (Phi) is 3.80. The Balaban J connectivity index is 2.70. The molecular weight excluding hydrogens is 180 g/mol. The zero-order valence-corrected chi connectivity index (χ0v) is 8.40. The first-order valence-electron chi connectivity index (χ1n) is 4.46. The van der Waals surface area contributed by atoms with Gasteiger partial charge in [0, 0.05) is 7.11 Å². The molecule has 1 aliphatic rings. The fraction of sp³-hybridized carbons (Fsp3) is 0.364. The van der Waals surface area contributed by atoms with Gasteiger partial charge in [-0.15, -0.1) is 0 Å². The van der Waals surface area contributed by atoms with Gasteiger partial charge in [-0.25, -0.2) is 0 Å². The van der Waals surface area contributed by atoms with Crippen molar-refractivity contribution >= 4 is 5.78 Å². The summed E-state index contributed by atoms with van der Waals surface area (Å²) in [5.41, 5.74) is 0. The van der Waals surface area contributed by atoms with Gasteiger partial charge in [-0.2, -0.15) is 0 Å². The number of carbonyl (C=O) groups is 1. The molecule has 76 valence electrons. The molecule has 0 amide bonds. The minimum atomic E-state index is -1.23. The Morgan fingerprint density at radius 2 is 2.29 bits per heavy atom. The molecule has 0 saturated carbocycles. The van der Waals surface area contributed by atoms with Crippen molar-refractivity contribution in [1.82, 2.24) is 0 Å². The summed E-state index contributed by atoms with van der Waals surface area (Å²) in [4.78, 5) is 11.5. The van der Waals surface area contributed by atoms with Crippen molar-refractivity contribution in [3.05, 3.63) is 36.5 Å². The molecule has 1 rings (SSSR count). The second kappa shape index (κ2) is 4.88. The second-order valence-corrected chi connectivity index (χ2v) is 2.83. The lowest BCUT2D eigenvalue weighted by Gasteiger charge is -2.27. The maximum Gasteiger partial charge on any atom is 0.253 e. The van der Waals surface area contributed by atoms with Crippen molar-refractivity contribution in [1.29, 1.82) is 0 Å². The van der Waals surface area contributed by atoms with Crippen LogP contribution in [0.4, 0.5) is 0 Å². The molecule has 0 N–H and O–H groups in total. The monoisotopic (exact) mass is 194 g/mol. The van der Waals surface area contributed by atoms with E-state index in [4.69, 9.17) is 9.47 Å². The van der Waals surface area contributed by atoms with E-state index < -0.39 is 5.79 Å². The van der Waals surface area contributed by atoms with Gasteiger partial charge in [0.15, 0.2) is 0 Å². The predicted octanol–water partition coefficient (Wildman–Crippen LogP) is 1.62. The summed E-state index contributed by atoms with van der Waals surface area (Å²) in [6, 6.07) is 0. The molecule has 0 saturated heterocycles. The first kappa shape index (κ1) is 10.9. The van der Waals surface area contributed by atoms with Gasteiger partial charge in [0.2, 0.25) is 5.78 Å². The van der Waals surface area contributed by atoms with Crippen molar-refractivity contribution in [2.45, 2.75) is 12.7 Å². The third-order valence-corrected chi connectivity index (χ3v) is 1.95. The van der Waals surface area contributed by atoms with Gasteiger partial charge < -0.3 is 9.47 Å². The molecule has 3 nitrogen and oxygen atoms in total. The molecule has 1 aliphatic carbocycles. The Labute approximate surface area is 83.7 Å². The van der Waals surface area contributed by atoms with E-state index in [1.165, 1.54) is 13.2 Å². The normalized spacial score (nSPS) is 26.3. The van der Waals surface area contributed by atoms with Gasteiger partial charge in [-0.3, -0.25) is 4.79 Å². The van der Waals surface area contributed by atoms with Crippen LogP contribution in [-0.4, -0.2) is 25.3 Å². The zero-order valence-electron chi connectivity index (χ0n) is 8.40. The zero-order chi connectivity index (χ0) is 10.4. The number of allylic oxidation sites excluding steroid dienone is 3. The smallest absolute Gasteiger partial charge is 0.253 e. The quantitative estimate of drug-likeness (QED) is 0.504. The lowest BCUT2D eigenvalue weighted by molar-refractivity contribution is -0.187. The van der Waals surface area contributed by atoms with Crippen molar-refractivity contribution in [3.63, 3.8) is 0 Å². The van der Waals surface area contributed by atoms with E-state index in [1.54, 1.807) is 18.2 Å². The highest BCUT2D eigenvalue weighted by molar-refractivity contribution is 5.98. The van der Waals surface area contributed by atoms with Crippen LogP contribution in [0.2, 0.25) is 0 Å². The summed E-state index contributed by atoms with van der Waals surface area (Å²) in [5, 5.41) is 0. The molecule has 1 unspecified atom stereocenters. The second-order valence-electron chi connectivity index (χ2n) is 2.83. The number of hydrogen-bond acceptors (Lipinski definition) is 3. The summed E-state index contributed by atoms with van der Waals surface area (Å²) < 4.78 is 10.5. The Morgan fingerprint density at radius 1 is 1.50 bits per heavy atom. The highest BCUT2D eigenvalue weighted by atomic mass is 16.7. The molecule has 1 atom stereocenters. The van der Waals surface area contributed by atoms with Gasteiger partial charge in [0.25, 0.3) is 5.79 Å². The highest BCUT2D eigenvalue weighted by Gasteiger charge is 2.36. The minimum absolute atomic E-state index is 0.188. The molecule has 0 spiro atoms. The Hall–Kier alpha value is -1.19. The number of hydrogen-bond donors (Lipinski definition) is 0. The average molecular weight is 194 g/mol. The molecule has 0 radical (unpaired) electrons. The molecule has 0 heterocycles. The van der Waals surface area contributed by atoms with Crippen LogP contribution >= 0.6 is 0 Å². The van der Waals surface area contributed by atoms with Crippen LogP contribution in [0, 0.1) is 0 Å². The van der Waals surface area contributed by atoms with Crippen molar-refractivity contribution < 1.29 is 14.3 Å². The predicted molar refractivity (Wildman–Crippen MR) is 53.8 cm³/mol. The van der Waals surface area contributed by atoms with Crippen LogP contribution in [0.1, 0.15) is 6.92 Å². The topological polar surface area (TPSA) is 35.5 Å². The van der Waals surface area contributed by atoms with E-state index >= 15 is 0 Å². The summed E-state index contributed by atoms with van der Waals surface area (Å²) in [5.74, 6) is -1.42. The fourth-order valence-corrected chi connectivity index (χ4v) is 1.14. The number of methoxy groups -OCH3 is 1. The van der Waals surface area contributed by atoms with E-state index in [9.17, 15) is 4.79 Å². The van der Waals surface area contributed by atoms with Gasteiger partial charge in [-0.05, 0) is 19.1 Å². The van der Waals surface area contributed by atoms with E-state index in [1.807, 2.05) is 19.1 Å². The van der Waals surface area contributed by atoms with E-state index in [0.29, 0.717) is 6.61 Å². The van der Waals surface area contributed by atoms with Crippen molar-refractivity contribution in [2.24, 2.45) is 0 Å². The minimum Gasteiger partial charge on any atom is -0.344 e. The Bertz CT molecular complexity index is 289. The van der Waals surface area contributed by atoms with E-state index in [2.05, 4.69) is 0 Å². The van der Waals surface area contributed by atoms with Crippen LogP contribution in [0.3, 0.4) is 0 Å². The first-order valence-corrected chi connectivity index (χ1v) is 4.46.